The van der Waals surface area contributed by atoms with E-state index < -0.39 is 0 Å². The molecule has 3 aromatic carbocycles. The number of fused-ring (bicyclic) bond motifs is 1. The van der Waals surface area contributed by atoms with E-state index in [1.807, 2.05) is 42.5 Å². The molecule has 166 valence electrons. The lowest BCUT2D eigenvalue weighted by Gasteiger charge is -2.44. The first-order valence-electron chi connectivity index (χ1n) is 11.6. The van der Waals surface area contributed by atoms with Crippen molar-refractivity contribution in [2.75, 3.05) is 6.54 Å². The maximum atomic E-state index is 12.6. The second kappa shape index (κ2) is 7.92. The highest BCUT2D eigenvalue weighted by Crippen LogP contribution is 2.61. The summed E-state index contributed by atoms with van der Waals surface area (Å²) in [6.07, 6.45) is 0.831. The van der Waals surface area contributed by atoms with Crippen LogP contribution in [0.1, 0.15) is 68.6 Å². The normalized spacial score (nSPS) is 17.6. The lowest BCUT2D eigenvalue weighted by Crippen LogP contribution is -2.42. The van der Waals surface area contributed by atoms with Crippen LogP contribution in [0.25, 0.3) is 11.1 Å². The molecule has 0 aromatic heterocycles. The number of benzene rings is 3. The molecule has 32 heavy (non-hydrogen) atoms. The molecule has 0 atom stereocenters. The largest absolute Gasteiger partial charge is 0.352 e. The van der Waals surface area contributed by atoms with E-state index in [4.69, 9.17) is 0 Å². The maximum absolute atomic E-state index is 12.6. The highest BCUT2D eigenvalue weighted by molar-refractivity contribution is 5.94. The first-order chi connectivity index (χ1) is 15.1. The first kappa shape index (κ1) is 22.3. The summed E-state index contributed by atoms with van der Waals surface area (Å²) >= 11 is 0. The minimum Gasteiger partial charge on any atom is -0.352 e. The van der Waals surface area contributed by atoms with Gasteiger partial charge in [0.15, 0.2) is 0 Å². The van der Waals surface area contributed by atoms with Crippen LogP contribution >= 0.6 is 0 Å². The quantitative estimate of drug-likeness (QED) is 0.472. The van der Waals surface area contributed by atoms with Crippen LogP contribution in [0.3, 0.4) is 0 Å². The van der Waals surface area contributed by atoms with Gasteiger partial charge < -0.3 is 5.32 Å². The molecule has 0 unspecified atom stereocenters. The van der Waals surface area contributed by atoms with Crippen molar-refractivity contribution in [2.24, 2.45) is 5.41 Å². The second-order valence-corrected chi connectivity index (χ2v) is 10.7. The summed E-state index contributed by atoms with van der Waals surface area (Å²) in [5.74, 6) is -0.0200. The highest BCUT2D eigenvalue weighted by atomic mass is 16.1. The first-order valence-corrected chi connectivity index (χ1v) is 11.6. The van der Waals surface area contributed by atoms with Crippen molar-refractivity contribution >= 4 is 5.91 Å². The summed E-state index contributed by atoms with van der Waals surface area (Å²) in [6.45, 7) is 14.9. The van der Waals surface area contributed by atoms with E-state index in [2.05, 4.69) is 77.2 Å². The lowest BCUT2D eigenvalue weighted by molar-refractivity contribution is 0.0954. The van der Waals surface area contributed by atoms with Crippen LogP contribution in [0.15, 0.2) is 72.8 Å². The molecular formula is C30H35NO. The third-order valence-corrected chi connectivity index (χ3v) is 8.51. The smallest absolute Gasteiger partial charge is 0.251 e. The molecule has 0 spiro atoms. The van der Waals surface area contributed by atoms with Gasteiger partial charge in [-0.05, 0) is 62.6 Å². The molecular weight excluding hydrogens is 390 g/mol. The molecule has 4 rings (SSSR count). The van der Waals surface area contributed by atoms with E-state index in [9.17, 15) is 4.79 Å². The molecule has 0 bridgehead atoms. The van der Waals surface area contributed by atoms with E-state index in [1.165, 1.54) is 16.7 Å². The Balaban J connectivity index is 1.41. The van der Waals surface area contributed by atoms with Gasteiger partial charge in [-0.1, -0.05) is 102 Å². The minimum atomic E-state index is -0.0200. The van der Waals surface area contributed by atoms with Gasteiger partial charge in [0.25, 0.3) is 5.91 Å². The van der Waals surface area contributed by atoms with Crippen molar-refractivity contribution in [3.05, 3.63) is 95.1 Å². The van der Waals surface area contributed by atoms with E-state index in [1.54, 1.807) is 0 Å². The van der Waals surface area contributed by atoms with Gasteiger partial charge in [-0.2, -0.15) is 0 Å². The van der Waals surface area contributed by atoms with Crippen molar-refractivity contribution in [3.63, 3.8) is 0 Å². The van der Waals surface area contributed by atoms with Gasteiger partial charge in [0, 0.05) is 12.1 Å². The minimum absolute atomic E-state index is 0.0200. The fourth-order valence-electron chi connectivity index (χ4n) is 5.13. The third kappa shape index (κ3) is 3.56. The number of carbonyl (C=O) groups excluding carboxylic acids is 1. The maximum Gasteiger partial charge on any atom is 0.251 e. The molecule has 3 aromatic rings. The SMILES string of the molecule is CC1(C)c2ccc(CCNC(=O)c3ccc(-c4ccccc4)cc3)cc2C(C)(C)C1(C)C. The van der Waals surface area contributed by atoms with E-state index in [-0.39, 0.29) is 22.2 Å². The van der Waals surface area contributed by atoms with Crippen LogP contribution in [0, 0.1) is 5.41 Å². The average molecular weight is 426 g/mol. The molecule has 0 radical (unpaired) electrons. The average Bonchev–Trinajstić information content (AvgIpc) is 2.89. The van der Waals surface area contributed by atoms with Crippen molar-refractivity contribution in [1.29, 1.82) is 0 Å². The summed E-state index contributed by atoms with van der Waals surface area (Å²) in [5, 5.41) is 3.09. The molecule has 1 amide bonds. The number of carbonyl (C=O) groups is 1. The number of nitrogens with one attached hydrogen (secondary N) is 1. The number of hydrogen-bond donors (Lipinski definition) is 1. The molecule has 2 heteroatoms. The Morgan fingerprint density at radius 2 is 1.31 bits per heavy atom. The zero-order chi connectivity index (χ0) is 23.1. The monoisotopic (exact) mass is 425 g/mol. The Bertz CT molecular complexity index is 1120. The zero-order valence-electron chi connectivity index (χ0n) is 20.3. The van der Waals surface area contributed by atoms with Gasteiger partial charge in [0.2, 0.25) is 0 Å². The van der Waals surface area contributed by atoms with Gasteiger partial charge >= 0.3 is 0 Å². The zero-order valence-corrected chi connectivity index (χ0v) is 20.3. The molecule has 0 heterocycles. The summed E-state index contributed by atoms with van der Waals surface area (Å²) in [7, 11) is 0. The lowest BCUT2D eigenvalue weighted by atomic mass is 9.59. The topological polar surface area (TPSA) is 29.1 Å². The van der Waals surface area contributed by atoms with Crippen molar-refractivity contribution in [1.82, 2.24) is 5.32 Å². The molecule has 1 N–H and O–H groups in total. The fraction of sp³-hybridized carbons (Fsp3) is 0.367. The second-order valence-electron chi connectivity index (χ2n) is 10.7. The summed E-state index contributed by atoms with van der Waals surface area (Å²) in [4.78, 5) is 12.6. The van der Waals surface area contributed by atoms with E-state index in [0.29, 0.717) is 12.1 Å². The molecule has 0 saturated heterocycles. The van der Waals surface area contributed by atoms with Gasteiger partial charge in [-0.15, -0.1) is 0 Å². The van der Waals surface area contributed by atoms with Crippen LogP contribution in [-0.4, -0.2) is 12.5 Å². The highest BCUT2D eigenvalue weighted by Gasteiger charge is 2.56. The predicted octanol–water partition coefficient (Wildman–Crippen LogP) is 6.92. The van der Waals surface area contributed by atoms with Gasteiger partial charge in [0.1, 0.15) is 0 Å². The molecule has 0 saturated carbocycles. The van der Waals surface area contributed by atoms with Crippen molar-refractivity contribution < 1.29 is 4.79 Å². The molecule has 1 aliphatic rings. The third-order valence-electron chi connectivity index (χ3n) is 8.51. The molecule has 0 fully saturated rings. The van der Waals surface area contributed by atoms with E-state index >= 15 is 0 Å². The van der Waals surface area contributed by atoms with Crippen LogP contribution in [0.4, 0.5) is 0 Å². The number of hydrogen-bond acceptors (Lipinski definition) is 1. The summed E-state index contributed by atoms with van der Waals surface area (Å²) in [5.41, 5.74) is 7.57. The van der Waals surface area contributed by atoms with Crippen LogP contribution in [0.2, 0.25) is 0 Å². The van der Waals surface area contributed by atoms with Crippen LogP contribution < -0.4 is 5.32 Å². The van der Waals surface area contributed by atoms with Crippen molar-refractivity contribution in [2.45, 2.75) is 58.8 Å². The van der Waals surface area contributed by atoms with Gasteiger partial charge in [-0.25, -0.2) is 0 Å². The van der Waals surface area contributed by atoms with E-state index in [0.717, 1.165) is 17.5 Å². The summed E-state index contributed by atoms with van der Waals surface area (Å²) < 4.78 is 0. The predicted molar refractivity (Wildman–Crippen MR) is 134 cm³/mol. The van der Waals surface area contributed by atoms with Crippen LogP contribution in [-0.2, 0) is 17.3 Å². The Labute approximate surface area is 193 Å². The van der Waals surface area contributed by atoms with Crippen molar-refractivity contribution in [3.8, 4) is 11.1 Å². The van der Waals surface area contributed by atoms with Gasteiger partial charge in [0.05, 0.1) is 0 Å². The Morgan fingerprint density at radius 1 is 0.719 bits per heavy atom. The standard InChI is InChI=1S/C30H35NO/c1-28(2)25-17-12-21(20-26(25)29(3,4)30(28,5)6)18-19-31-27(32)24-15-13-23(14-16-24)22-10-8-7-9-11-22/h7-17,20H,18-19H2,1-6H3,(H,31,32). The number of rotatable bonds is 5. The Morgan fingerprint density at radius 3 is 1.97 bits per heavy atom. The van der Waals surface area contributed by atoms with Crippen LogP contribution in [0.5, 0.6) is 0 Å². The number of amides is 1. The molecule has 2 nitrogen and oxygen atoms in total. The Hall–Kier alpha value is -2.87. The molecule has 0 aliphatic heterocycles. The van der Waals surface area contributed by atoms with Gasteiger partial charge in [-0.3, -0.25) is 4.79 Å². The fourth-order valence-corrected chi connectivity index (χ4v) is 5.13. The Kier molecular flexibility index (Phi) is 5.53. The summed E-state index contributed by atoms with van der Waals surface area (Å²) in [6, 6.07) is 25.0. The molecule has 1 aliphatic carbocycles.